The molecular weight excluding hydrogens is 156 g/mol. The highest BCUT2D eigenvalue weighted by Crippen LogP contribution is 2.15. The van der Waals surface area contributed by atoms with Gasteiger partial charge >= 0.3 is 0 Å². The first kappa shape index (κ1) is 8.83. The zero-order chi connectivity index (χ0) is 9.14. The quantitative estimate of drug-likeness (QED) is 0.356. The Labute approximate surface area is 71.2 Å². The number of nitrogens with one attached hydrogen (secondary N) is 1. The average Bonchev–Trinajstić information content (AvgIpc) is 2.04. The van der Waals surface area contributed by atoms with Crippen LogP contribution < -0.4 is 11.5 Å². The molecule has 12 heavy (non-hydrogen) atoms. The fraction of sp³-hybridized carbons (Fsp3) is 0.714. The summed E-state index contributed by atoms with van der Waals surface area (Å²) in [7, 11) is 0. The van der Waals surface area contributed by atoms with E-state index in [9.17, 15) is 4.79 Å². The van der Waals surface area contributed by atoms with Crippen LogP contribution in [0.4, 0.5) is 0 Å². The number of rotatable bonds is 1. The van der Waals surface area contributed by atoms with Gasteiger partial charge in [-0.3, -0.25) is 10.2 Å². The number of primary amides is 1. The zero-order valence-corrected chi connectivity index (χ0v) is 6.92. The molecule has 5 nitrogen and oxygen atoms in total. The smallest absolute Gasteiger partial charge is 0.240 e. The Morgan fingerprint density at radius 3 is 2.50 bits per heavy atom. The van der Waals surface area contributed by atoms with Gasteiger partial charge in [-0.15, -0.1) is 0 Å². The molecule has 0 aromatic rings. The number of hydrogen-bond donors (Lipinski definition) is 3. The second-order valence-corrected chi connectivity index (χ2v) is 2.99. The van der Waals surface area contributed by atoms with Gasteiger partial charge in [0.25, 0.3) is 0 Å². The van der Waals surface area contributed by atoms with Gasteiger partial charge in [0.05, 0.1) is 0 Å². The Bertz CT molecular complexity index is 182. The molecule has 1 rings (SSSR count). The van der Waals surface area contributed by atoms with E-state index in [0.717, 1.165) is 19.3 Å². The van der Waals surface area contributed by atoms with Crippen LogP contribution in [-0.2, 0) is 4.79 Å². The van der Waals surface area contributed by atoms with Gasteiger partial charge in [-0.2, -0.15) is 0 Å². The lowest BCUT2D eigenvalue weighted by Crippen LogP contribution is -2.52. The molecule has 0 bridgehead atoms. The summed E-state index contributed by atoms with van der Waals surface area (Å²) >= 11 is 0. The summed E-state index contributed by atoms with van der Waals surface area (Å²) in [5.74, 6) is -0.441. The van der Waals surface area contributed by atoms with Crippen LogP contribution in [-0.4, -0.2) is 29.4 Å². The molecule has 0 radical (unpaired) electrons. The van der Waals surface area contributed by atoms with E-state index in [4.69, 9.17) is 16.9 Å². The minimum Gasteiger partial charge on any atom is -0.370 e. The van der Waals surface area contributed by atoms with Gasteiger partial charge in [-0.25, -0.2) is 0 Å². The number of piperidine rings is 1. The summed E-state index contributed by atoms with van der Waals surface area (Å²) < 4.78 is 0. The first-order chi connectivity index (χ1) is 5.63. The Hall–Kier alpha value is -1.26. The molecule has 0 saturated carbocycles. The molecule has 0 aromatic heterocycles. The number of amides is 1. The van der Waals surface area contributed by atoms with Crippen molar-refractivity contribution < 1.29 is 4.79 Å². The molecule has 68 valence electrons. The van der Waals surface area contributed by atoms with E-state index in [1.807, 2.05) is 0 Å². The lowest BCUT2D eigenvalue weighted by molar-refractivity contribution is -0.122. The van der Waals surface area contributed by atoms with Crippen LogP contribution in [0.3, 0.4) is 0 Å². The highest BCUT2D eigenvalue weighted by Gasteiger charge is 2.27. The van der Waals surface area contributed by atoms with Crippen LogP contribution in [0.15, 0.2) is 0 Å². The third-order valence-corrected chi connectivity index (χ3v) is 2.14. The number of hydrogen-bond acceptors (Lipinski definition) is 2. The van der Waals surface area contributed by atoms with Gasteiger partial charge < -0.3 is 16.4 Å². The first-order valence-corrected chi connectivity index (χ1v) is 4.03. The fourth-order valence-corrected chi connectivity index (χ4v) is 1.52. The molecule has 1 heterocycles. The Kier molecular flexibility index (Phi) is 2.52. The summed E-state index contributed by atoms with van der Waals surface area (Å²) in [6, 6.07) is -0.365. The first-order valence-electron chi connectivity index (χ1n) is 4.03. The van der Waals surface area contributed by atoms with Crippen molar-refractivity contribution in [3.63, 3.8) is 0 Å². The van der Waals surface area contributed by atoms with Crippen molar-refractivity contribution in [2.24, 2.45) is 11.5 Å². The number of carbonyl (C=O) groups excluding carboxylic acids is 1. The predicted molar refractivity (Wildman–Crippen MR) is 45.5 cm³/mol. The molecule has 0 spiro atoms. The van der Waals surface area contributed by atoms with Crippen LogP contribution in [0.25, 0.3) is 0 Å². The van der Waals surface area contributed by atoms with Crippen molar-refractivity contribution in [2.75, 3.05) is 6.54 Å². The monoisotopic (exact) mass is 170 g/mol. The van der Waals surface area contributed by atoms with E-state index < -0.39 is 0 Å². The van der Waals surface area contributed by atoms with Crippen molar-refractivity contribution in [2.45, 2.75) is 25.3 Å². The lowest BCUT2D eigenvalue weighted by atomic mass is 10.0. The normalized spacial score (nSPS) is 23.7. The van der Waals surface area contributed by atoms with Crippen LogP contribution in [0, 0.1) is 5.41 Å². The molecule has 1 fully saturated rings. The second kappa shape index (κ2) is 3.42. The van der Waals surface area contributed by atoms with Crippen molar-refractivity contribution in [1.29, 1.82) is 5.41 Å². The van der Waals surface area contributed by atoms with E-state index in [1.165, 1.54) is 0 Å². The lowest BCUT2D eigenvalue weighted by Gasteiger charge is -2.33. The minimum absolute atomic E-state index is 0.0569. The Morgan fingerprint density at radius 1 is 1.42 bits per heavy atom. The van der Waals surface area contributed by atoms with Crippen molar-refractivity contribution in [1.82, 2.24) is 4.90 Å². The van der Waals surface area contributed by atoms with Gasteiger partial charge in [0.1, 0.15) is 6.04 Å². The molecule has 0 aromatic carbocycles. The van der Waals surface area contributed by atoms with Crippen molar-refractivity contribution >= 4 is 11.9 Å². The standard InChI is InChI=1S/C7H14N4O/c8-6(12)5-3-1-2-4-11(5)7(9)10/h5H,1-4H2,(H2,8,12)(H3,9,10). The molecule has 1 atom stereocenters. The molecule has 1 unspecified atom stereocenters. The summed E-state index contributed by atoms with van der Waals surface area (Å²) in [4.78, 5) is 12.5. The molecule has 0 aliphatic carbocycles. The largest absolute Gasteiger partial charge is 0.370 e. The summed E-state index contributed by atoms with van der Waals surface area (Å²) in [5.41, 5.74) is 10.5. The molecule has 1 saturated heterocycles. The molecule has 1 amide bonds. The van der Waals surface area contributed by atoms with Gasteiger partial charge in [0.2, 0.25) is 5.91 Å². The van der Waals surface area contributed by atoms with Crippen LogP contribution in [0.1, 0.15) is 19.3 Å². The van der Waals surface area contributed by atoms with E-state index in [0.29, 0.717) is 6.54 Å². The van der Waals surface area contributed by atoms with Crippen LogP contribution in [0.2, 0.25) is 0 Å². The SMILES string of the molecule is N=C(N)N1CCCCC1C(N)=O. The fourth-order valence-electron chi connectivity index (χ4n) is 1.52. The second-order valence-electron chi connectivity index (χ2n) is 2.99. The minimum atomic E-state index is -0.384. The summed E-state index contributed by atoms with van der Waals surface area (Å²) in [6.45, 7) is 0.670. The number of likely N-dealkylation sites (tertiary alicyclic amines) is 1. The number of guanidine groups is 1. The molecule has 1 aliphatic heterocycles. The molecule has 5 N–H and O–H groups in total. The van der Waals surface area contributed by atoms with E-state index in [-0.39, 0.29) is 17.9 Å². The predicted octanol–water partition coefficient (Wildman–Crippen LogP) is -0.780. The van der Waals surface area contributed by atoms with Gasteiger partial charge in [0.15, 0.2) is 5.96 Å². The van der Waals surface area contributed by atoms with Gasteiger partial charge in [-0.1, -0.05) is 0 Å². The number of nitrogens with zero attached hydrogens (tertiary/aromatic N) is 1. The van der Waals surface area contributed by atoms with E-state index in [1.54, 1.807) is 4.90 Å². The van der Waals surface area contributed by atoms with Crippen LogP contribution in [0.5, 0.6) is 0 Å². The molecule has 5 heteroatoms. The van der Waals surface area contributed by atoms with Gasteiger partial charge in [0, 0.05) is 6.54 Å². The van der Waals surface area contributed by atoms with E-state index in [2.05, 4.69) is 0 Å². The van der Waals surface area contributed by atoms with E-state index >= 15 is 0 Å². The van der Waals surface area contributed by atoms with Crippen molar-refractivity contribution in [3.05, 3.63) is 0 Å². The summed E-state index contributed by atoms with van der Waals surface area (Å²) in [6.07, 6.45) is 2.68. The maximum absolute atomic E-state index is 10.9. The summed E-state index contributed by atoms with van der Waals surface area (Å²) in [5, 5.41) is 7.21. The maximum atomic E-state index is 10.9. The number of nitrogens with two attached hydrogens (primary N) is 2. The Balaban J connectivity index is 2.67. The zero-order valence-electron chi connectivity index (χ0n) is 6.92. The highest BCUT2D eigenvalue weighted by molar-refractivity contribution is 5.86. The van der Waals surface area contributed by atoms with Crippen LogP contribution >= 0.6 is 0 Å². The van der Waals surface area contributed by atoms with Gasteiger partial charge in [-0.05, 0) is 19.3 Å². The molecule has 1 aliphatic rings. The van der Waals surface area contributed by atoms with Crippen molar-refractivity contribution in [3.8, 4) is 0 Å². The average molecular weight is 170 g/mol. The third kappa shape index (κ3) is 1.66. The third-order valence-electron chi connectivity index (χ3n) is 2.14. The highest BCUT2D eigenvalue weighted by atomic mass is 16.1. The number of carbonyl (C=O) groups is 1. The topological polar surface area (TPSA) is 96.2 Å². The molecular formula is C7H14N4O. The Morgan fingerprint density at radius 2 is 2.08 bits per heavy atom. The maximum Gasteiger partial charge on any atom is 0.240 e.